The van der Waals surface area contributed by atoms with E-state index in [1.807, 2.05) is 47.9 Å². The Kier molecular flexibility index (Phi) is 6.53. The Labute approximate surface area is 193 Å². The second-order valence-electron chi connectivity index (χ2n) is 6.99. The zero-order chi connectivity index (χ0) is 22.7. The van der Waals surface area contributed by atoms with E-state index in [2.05, 4.69) is 11.6 Å². The maximum atomic E-state index is 13.4. The van der Waals surface area contributed by atoms with E-state index in [1.54, 1.807) is 24.5 Å². The van der Waals surface area contributed by atoms with Gasteiger partial charge in [0.25, 0.3) is 5.56 Å². The Morgan fingerprint density at radius 3 is 2.72 bits per heavy atom. The molecule has 4 rings (SSSR count). The molecular weight excluding hydrogens is 444 g/mol. The number of allylic oxidation sites excluding steroid dienone is 1. The minimum atomic E-state index is -0.554. The summed E-state index contributed by atoms with van der Waals surface area (Å²) in [4.78, 5) is 32.2. The molecule has 0 unspecified atom stereocenters. The number of thiazole rings is 1. The van der Waals surface area contributed by atoms with Crippen LogP contribution in [0.25, 0.3) is 6.08 Å². The Bertz CT molecular complexity index is 1350. The number of carbonyl (C=O) groups is 1. The summed E-state index contributed by atoms with van der Waals surface area (Å²) in [5.41, 5.74) is 1.65. The van der Waals surface area contributed by atoms with E-state index in [1.165, 1.54) is 22.7 Å². The molecular formula is C24H22N2O4S2. The van der Waals surface area contributed by atoms with Crippen molar-refractivity contribution in [2.75, 3.05) is 13.2 Å². The fraction of sp³-hybridized carbons (Fsp3) is 0.208. The van der Waals surface area contributed by atoms with Crippen LogP contribution in [-0.2, 0) is 9.53 Å². The molecule has 1 atom stereocenters. The number of hydrogen-bond acceptors (Lipinski definition) is 7. The number of aromatic nitrogens is 1. The van der Waals surface area contributed by atoms with Gasteiger partial charge in [-0.05, 0) is 49.1 Å². The minimum Gasteiger partial charge on any atom is -0.490 e. The van der Waals surface area contributed by atoms with Crippen molar-refractivity contribution in [2.45, 2.75) is 19.9 Å². The van der Waals surface area contributed by atoms with Crippen LogP contribution in [0.5, 0.6) is 5.75 Å². The maximum Gasteiger partial charge on any atom is 0.338 e. The molecule has 0 saturated carbocycles. The number of rotatable bonds is 7. The molecule has 32 heavy (non-hydrogen) atoms. The molecule has 3 aromatic rings. The third-order valence-corrected chi connectivity index (χ3v) is 6.78. The molecule has 0 saturated heterocycles. The first-order valence-corrected chi connectivity index (χ1v) is 11.8. The lowest BCUT2D eigenvalue weighted by Crippen LogP contribution is -2.39. The van der Waals surface area contributed by atoms with Gasteiger partial charge in [0.2, 0.25) is 0 Å². The molecule has 1 aliphatic rings. The second-order valence-corrected chi connectivity index (χ2v) is 8.97. The lowest BCUT2D eigenvalue weighted by Gasteiger charge is -2.23. The van der Waals surface area contributed by atoms with Crippen LogP contribution in [0.4, 0.5) is 0 Å². The number of thiophene rings is 1. The molecule has 0 fully saturated rings. The van der Waals surface area contributed by atoms with Gasteiger partial charge in [0, 0.05) is 4.88 Å². The first-order chi connectivity index (χ1) is 15.5. The van der Waals surface area contributed by atoms with Crippen LogP contribution < -0.4 is 19.6 Å². The molecule has 2 aromatic heterocycles. The average Bonchev–Trinajstić information content (AvgIpc) is 3.41. The summed E-state index contributed by atoms with van der Waals surface area (Å²) in [7, 11) is 0. The zero-order valence-corrected chi connectivity index (χ0v) is 19.4. The summed E-state index contributed by atoms with van der Waals surface area (Å²) in [6.45, 7) is 7.87. The van der Waals surface area contributed by atoms with Gasteiger partial charge < -0.3 is 9.47 Å². The Hall–Kier alpha value is -3.23. The van der Waals surface area contributed by atoms with Gasteiger partial charge in [0.1, 0.15) is 18.4 Å². The van der Waals surface area contributed by atoms with Crippen molar-refractivity contribution in [3.63, 3.8) is 0 Å². The SMILES string of the molecule is C=CCOc1ccc(/C=c2/sc3n(c2=O)[C@H](c2cccs2)C(C(=O)OCC)=C(C)N=3)cc1. The first-order valence-electron chi connectivity index (χ1n) is 10.1. The molecule has 8 heteroatoms. The molecule has 6 nitrogen and oxygen atoms in total. The average molecular weight is 467 g/mol. The number of esters is 1. The number of benzene rings is 1. The van der Waals surface area contributed by atoms with E-state index in [4.69, 9.17) is 9.47 Å². The third-order valence-electron chi connectivity index (χ3n) is 4.88. The van der Waals surface area contributed by atoms with Gasteiger partial charge in [0.15, 0.2) is 4.80 Å². The standard InChI is InChI=1S/C24H22N2O4S2/c1-4-12-30-17-10-8-16(9-11-17)14-19-22(27)26-21(18-7-6-13-31-18)20(23(28)29-5-2)15(3)25-24(26)32-19/h4,6-11,13-14,21H,1,5,12H2,2-3H3/b19-14+/t21-/m1/s1. The summed E-state index contributed by atoms with van der Waals surface area (Å²) >= 11 is 2.80. The van der Waals surface area contributed by atoms with E-state index >= 15 is 0 Å². The van der Waals surface area contributed by atoms with Crippen LogP contribution in [-0.4, -0.2) is 23.8 Å². The molecule has 0 aliphatic carbocycles. The van der Waals surface area contributed by atoms with Crippen molar-refractivity contribution in [1.29, 1.82) is 0 Å². The van der Waals surface area contributed by atoms with E-state index < -0.39 is 12.0 Å². The van der Waals surface area contributed by atoms with E-state index in [9.17, 15) is 9.59 Å². The Morgan fingerprint density at radius 1 is 1.28 bits per heavy atom. The number of carbonyl (C=O) groups excluding carboxylic acids is 1. The fourth-order valence-corrected chi connectivity index (χ4v) is 5.34. The first kappa shape index (κ1) is 22.0. The van der Waals surface area contributed by atoms with Crippen LogP contribution in [0.1, 0.15) is 30.3 Å². The van der Waals surface area contributed by atoms with Crippen molar-refractivity contribution >= 4 is 34.7 Å². The van der Waals surface area contributed by atoms with Gasteiger partial charge in [0.05, 0.1) is 22.4 Å². The summed E-state index contributed by atoms with van der Waals surface area (Å²) in [5, 5.41) is 1.93. The van der Waals surface area contributed by atoms with E-state index in [0.717, 1.165) is 16.2 Å². The number of ether oxygens (including phenoxy) is 2. The Morgan fingerprint density at radius 2 is 2.06 bits per heavy atom. The van der Waals surface area contributed by atoms with E-state index in [-0.39, 0.29) is 12.2 Å². The van der Waals surface area contributed by atoms with Gasteiger partial charge in [-0.3, -0.25) is 9.36 Å². The molecule has 0 spiro atoms. The highest BCUT2D eigenvalue weighted by atomic mass is 32.1. The maximum absolute atomic E-state index is 13.4. The molecule has 1 aliphatic heterocycles. The van der Waals surface area contributed by atoms with Gasteiger partial charge in [-0.2, -0.15) is 0 Å². The van der Waals surface area contributed by atoms with Crippen LogP contribution in [0.15, 0.2) is 75.5 Å². The van der Waals surface area contributed by atoms with Crippen molar-refractivity contribution in [3.8, 4) is 5.75 Å². The van der Waals surface area contributed by atoms with Crippen molar-refractivity contribution in [1.82, 2.24) is 4.57 Å². The molecule has 164 valence electrons. The molecule has 0 radical (unpaired) electrons. The van der Waals surface area contributed by atoms with Crippen LogP contribution in [0.3, 0.4) is 0 Å². The summed E-state index contributed by atoms with van der Waals surface area (Å²) < 4.78 is 12.9. The normalized spacial score (nSPS) is 15.8. The Balaban J connectivity index is 1.81. The van der Waals surface area contributed by atoms with Crippen molar-refractivity contribution in [2.24, 2.45) is 4.99 Å². The summed E-state index contributed by atoms with van der Waals surface area (Å²) in [5.74, 6) is 0.285. The number of hydrogen-bond donors (Lipinski definition) is 0. The molecule has 0 amide bonds. The predicted molar refractivity (Wildman–Crippen MR) is 127 cm³/mol. The molecule has 0 bridgehead atoms. The smallest absolute Gasteiger partial charge is 0.338 e. The second kappa shape index (κ2) is 9.50. The van der Waals surface area contributed by atoms with Gasteiger partial charge in [-0.1, -0.05) is 42.2 Å². The van der Waals surface area contributed by atoms with Crippen molar-refractivity contribution < 1.29 is 14.3 Å². The van der Waals surface area contributed by atoms with Gasteiger partial charge >= 0.3 is 5.97 Å². The lowest BCUT2D eigenvalue weighted by molar-refractivity contribution is -0.139. The van der Waals surface area contributed by atoms with Crippen LogP contribution in [0.2, 0.25) is 0 Å². The predicted octanol–water partition coefficient (Wildman–Crippen LogP) is 3.42. The van der Waals surface area contributed by atoms with Crippen molar-refractivity contribution in [3.05, 3.63) is 95.8 Å². The largest absolute Gasteiger partial charge is 0.490 e. The highest BCUT2D eigenvalue weighted by Gasteiger charge is 2.33. The number of fused-ring (bicyclic) bond motifs is 1. The topological polar surface area (TPSA) is 69.9 Å². The van der Waals surface area contributed by atoms with Gasteiger partial charge in [-0.25, -0.2) is 9.79 Å². The minimum absolute atomic E-state index is 0.187. The van der Waals surface area contributed by atoms with Gasteiger partial charge in [-0.15, -0.1) is 11.3 Å². The number of nitrogens with zero attached hydrogens (tertiary/aromatic N) is 2. The monoisotopic (exact) mass is 466 g/mol. The fourth-order valence-electron chi connectivity index (χ4n) is 3.47. The molecule has 1 aromatic carbocycles. The quantitative estimate of drug-likeness (QED) is 0.395. The molecule has 3 heterocycles. The zero-order valence-electron chi connectivity index (χ0n) is 17.7. The third kappa shape index (κ3) is 4.24. The summed E-state index contributed by atoms with van der Waals surface area (Å²) in [6, 6.07) is 10.8. The highest BCUT2D eigenvalue weighted by molar-refractivity contribution is 7.10. The summed E-state index contributed by atoms with van der Waals surface area (Å²) in [6.07, 6.45) is 3.52. The lowest BCUT2D eigenvalue weighted by atomic mass is 10.0. The highest BCUT2D eigenvalue weighted by Crippen LogP contribution is 2.33. The molecule has 0 N–H and O–H groups in total. The van der Waals surface area contributed by atoms with Crippen LogP contribution in [0, 0.1) is 0 Å². The van der Waals surface area contributed by atoms with Crippen LogP contribution >= 0.6 is 22.7 Å². The van der Waals surface area contributed by atoms with E-state index in [0.29, 0.717) is 27.2 Å².